The number of alkyl halides is 3. The first-order valence-electron chi connectivity index (χ1n) is 9.58. The number of anilines is 4. The number of hydrazine groups is 1. The summed E-state index contributed by atoms with van der Waals surface area (Å²) >= 11 is 0. The van der Waals surface area contributed by atoms with Gasteiger partial charge < -0.3 is 21.3 Å². The van der Waals surface area contributed by atoms with Crippen LogP contribution in [-0.2, 0) is 0 Å². The van der Waals surface area contributed by atoms with Gasteiger partial charge in [0, 0.05) is 12.2 Å². The van der Waals surface area contributed by atoms with E-state index in [-0.39, 0.29) is 19.4 Å². The maximum absolute atomic E-state index is 12.7. The largest absolute Gasteiger partial charge is 0.395 e. The van der Waals surface area contributed by atoms with Gasteiger partial charge in [0.05, 0.1) is 35.3 Å². The summed E-state index contributed by atoms with van der Waals surface area (Å²) in [5.41, 5.74) is 13.0. The second-order valence-electron chi connectivity index (χ2n) is 6.82. The van der Waals surface area contributed by atoms with Crippen molar-refractivity contribution in [1.29, 1.82) is 0 Å². The fraction of sp³-hybridized carbons (Fsp3) is 0.286. The molecule has 5 N–H and O–H groups in total. The molecular formula is C21H24F3N5O. The van der Waals surface area contributed by atoms with Gasteiger partial charge >= 0.3 is 6.18 Å². The van der Waals surface area contributed by atoms with Crippen molar-refractivity contribution < 1.29 is 18.3 Å². The zero-order valence-electron chi connectivity index (χ0n) is 16.2. The molecule has 1 aliphatic carbocycles. The van der Waals surface area contributed by atoms with Crippen molar-refractivity contribution in [2.45, 2.75) is 19.0 Å². The highest BCUT2D eigenvalue weighted by Gasteiger charge is 2.38. The molecule has 0 spiro atoms. The Balaban J connectivity index is 1.47. The van der Waals surface area contributed by atoms with Crippen LogP contribution < -0.4 is 21.6 Å². The first-order chi connectivity index (χ1) is 14.4. The van der Waals surface area contributed by atoms with Crippen LogP contribution in [0, 0.1) is 5.92 Å². The Bertz CT molecular complexity index is 864. The second-order valence-corrected chi connectivity index (χ2v) is 6.82. The summed E-state index contributed by atoms with van der Waals surface area (Å²) in [6.07, 6.45) is -1.29. The fourth-order valence-electron chi connectivity index (χ4n) is 2.86. The van der Waals surface area contributed by atoms with E-state index in [0.717, 1.165) is 28.8 Å². The van der Waals surface area contributed by atoms with Crippen LogP contribution in [0.3, 0.4) is 0 Å². The molecule has 0 saturated heterocycles. The van der Waals surface area contributed by atoms with E-state index in [1.807, 2.05) is 48.5 Å². The van der Waals surface area contributed by atoms with E-state index in [1.54, 1.807) is 0 Å². The molecule has 0 radical (unpaired) electrons. The number of benzene rings is 2. The summed E-state index contributed by atoms with van der Waals surface area (Å²) in [4.78, 5) is 0. The van der Waals surface area contributed by atoms with Gasteiger partial charge in [-0.15, -0.1) is 0 Å². The summed E-state index contributed by atoms with van der Waals surface area (Å²) in [6.45, 7) is 0.579. The highest BCUT2D eigenvalue weighted by atomic mass is 19.4. The lowest BCUT2D eigenvalue weighted by atomic mass is 9.94. The number of hydrazone groups is 1. The van der Waals surface area contributed by atoms with Gasteiger partial charge in [-0.25, -0.2) is 0 Å². The molecule has 0 saturated carbocycles. The Hall–Kier alpha value is -3.20. The Morgan fingerprint density at radius 3 is 1.97 bits per heavy atom. The van der Waals surface area contributed by atoms with Crippen molar-refractivity contribution in [2.75, 3.05) is 34.7 Å². The number of hydrogen-bond donors (Lipinski definition) is 5. The van der Waals surface area contributed by atoms with Gasteiger partial charge in [0.2, 0.25) is 0 Å². The van der Waals surface area contributed by atoms with E-state index >= 15 is 0 Å². The van der Waals surface area contributed by atoms with Crippen molar-refractivity contribution in [3.63, 3.8) is 0 Å². The fourth-order valence-corrected chi connectivity index (χ4v) is 2.86. The standard InChI is InChI=1S/C21H24F3N5O/c22-21(23,24)15-1-3-17(4-2-15)26-28-19-9-11-20(12-10-19)29-27-18-7-5-16(6-8-18)25-13-14-30/h1,3,5-12,15,25,27-30H,2,4,13-14H2/b26-17-. The van der Waals surface area contributed by atoms with E-state index in [9.17, 15) is 13.2 Å². The number of allylic oxidation sites excluding steroid dienone is 2. The molecule has 1 aliphatic rings. The maximum atomic E-state index is 12.7. The average molecular weight is 419 g/mol. The van der Waals surface area contributed by atoms with Gasteiger partial charge in [-0.3, -0.25) is 5.43 Å². The van der Waals surface area contributed by atoms with Crippen LogP contribution in [0.2, 0.25) is 0 Å². The maximum Gasteiger partial charge on any atom is 0.395 e. The SMILES string of the molecule is OCCNc1ccc(NNc2ccc(N/N=C3/C=CC(C(F)(F)F)CC3)cc2)cc1. The van der Waals surface area contributed by atoms with E-state index in [4.69, 9.17) is 5.11 Å². The minimum absolute atomic E-state index is 0.0213. The lowest BCUT2D eigenvalue weighted by Crippen LogP contribution is -2.24. The normalized spacial score (nSPS) is 17.6. The van der Waals surface area contributed by atoms with E-state index in [2.05, 4.69) is 26.7 Å². The summed E-state index contributed by atoms with van der Waals surface area (Å²) in [5, 5.41) is 16.1. The summed E-state index contributed by atoms with van der Waals surface area (Å²) in [7, 11) is 0. The number of halogens is 3. The number of hydrogen-bond acceptors (Lipinski definition) is 6. The summed E-state index contributed by atoms with van der Waals surface area (Å²) in [5.74, 6) is -1.39. The van der Waals surface area contributed by atoms with Gasteiger partial charge in [-0.2, -0.15) is 18.3 Å². The van der Waals surface area contributed by atoms with Crippen molar-refractivity contribution >= 4 is 28.5 Å². The molecule has 9 heteroatoms. The van der Waals surface area contributed by atoms with Crippen LogP contribution >= 0.6 is 0 Å². The van der Waals surface area contributed by atoms with Crippen molar-refractivity contribution in [3.05, 3.63) is 60.7 Å². The van der Waals surface area contributed by atoms with Crippen LogP contribution in [0.5, 0.6) is 0 Å². The van der Waals surface area contributed by atoms with Crippen molar-refractivity contribution in [1.82, 2.24) is 0 Å². The summed E-state index contributed by atoms with van der Waals surface area (Å²) in [6, 6.07) is 15.0. The number of rotatable bonds is 8. The van der Waals surface area contributed by atoms with Gasteiger partial charge in [0.1, 0.15) is 0 Å². The second kappa shape index (κ2) is 10.0. The summed E-state index contributed by atoms with van der Waals surface area (Å²) < 4.78 is 38.0. The Kier molecular flexibility index (Phi) is 7.18. The van der Waals surface area contributed by atoms with Crippen LogP contribution in [0.25, 0.3) is 0 Å². The molecule has 0 heterocycles. The number of nitrogens with zero attached hydrogens (tertiary/aromatic N) is 1. The van der Waals surface area contributed by atoms with Crippen molar-refractivity contribution in [2.24, 2.45) is 11.0 Å². The van der Waals surface area contributed by atoms with E-state index < -0.39 is 12.1 Å². The van der Waals surface area contributed by atoms with Crippen LogP contribution in [0.4, 0.5) is 35.9 Å². The molecule has 0 aromatic heterocycles. The van der Waals surface area contributed by atoms with Crippen molar-refractivity contribution in [3.8, 4) is 0 Å². The molecule has 0 fully saturated rings. The van der Waals surface area contributed by atoms with Gasteiger partial charge in [0.15, 0.2) is 0 Å². The predicted octanol–water partition coefficient (Wildman–Crippen LogP) is 4.83. The topological polar surface area (TPSA) is 80.7 Å². The smallest absolute Gasteiger partial charge is 0.395 e. The van der Waals surface area contributed by atoms with Gasteiger partial charge in [0.25, 0.3) is 0 Å². The molecule has 1 atom stereocenters. The highest BCUT2D eigenvalue weighted by molar-refractivity contribution is 5.96. The number of aliphatic hydroxyl groups is 1. The third kappa shape index (κ3) is 6.41. The Morgan fingerprint density at radius 1 is 0.900 bits per heavy atom. The highest BCUT2D eigenvalue weighted by Crippen LogP contribution is 2.33. The lowest BCUT2D eigenvalue weighted by Gasteiger charge is -2.20. The Labute approximate surface area is 172 Å². The average Bonchev–Trinajstić information content (AvgIpc) is 2.76. The quantitative estimate of drug-likeness (QED) is 0.396. The molecule has 0 aliphatic heterocycles. The molecular weight excluding hydrogens is 395 g/mol. The molecule has 2 aromatic carbocycles. The first-order valence-corrected chi connectivity index (χ1v) is 9.58. The predicted molar refractivity (Wildman–Crippen MR) is 115 cm³/mol. The van der Waals surface area contributed by atoms with Crippen LogP contribution in [0.1, 0.15) is 12.8 Å². The van der Waals surface area contributed by atoms with E-state index in [0.29, 0.717) is 12.3 Å². The molecule has 1 unspecified atom stereocenters. The lowest BCUT2D eigenvalue weighted by molar-refractivity contribution is -0.162. The number of nitrogens with one attached hydrogen (secondary N) is 4. The molecule has 160 valence electrons. The van der Waals surface area contributed by atoms with E-state index in [1.165, 1.54) is 6.08 Å². The molecule has 3 rings (SSSR count). The molecule has 0 bridgehead atoms. The van der Waals surface area contributed by atoms with Gasteiger partial charge in [-0.05, 0) is 67.4 Å². The number of aliphatic hydroxyl groups excluding tert-OH is 1. The zero-order chi connectivity index (χ0) is 21.4. The molecule has 6 nitrogen and oxygen atoms in total. The minimum Gasteiger partial charge on any atom is -0.395 e. The molecule has 2 aromatic rings. The molecule has 0 amide bonds. The Morgan fingerprint density at radius 2 is 1.47 bits per heavy atom. The third-order valence-electron chi connectivity index (χ3n) is 4.54. The van der Waals surface area contributed by atoms with Crippen LogP contribution in [0.15, 0.2) is 65.8 Å². The monoisotopic (exact) mass is 419 g/mol. The van der Waals surface area contributed by atoms with Crippen LogP contribution in [-0.4, -0.2) is 30.1 Å². The molecule has 30 heavy (non-hydrogen) atoms. The first kappa shape index (κ1) is 21.5. The third-order valence-corrected chi connectivity index (χ3v) is 4.54. The minimum atomic E-state index is -4.19. The van der Waals surface area contributed by atoms with Gasteiger partial charge in [-0.1, -0.05) is 6.08 Å². The zero-order valence-corrected chi connectivity index (χ0v) is 16.2.